The molecule has 0 radical (unpaired) electrons. The van der Waals surface area contributed by atoms with Gasteiger partial charge in [0.25, 0.3) is 0 Å². The zero-order valence-corrected chi connectivity index (χ0v) is 14.5. The van der Waals surface area contributed by atoms with Gasteiger partial charge < -0.3 is 10.5 Å². The van der Waals surface area contributed by atoms with Gasteiger partial charge in [-0.05, 0) is 63.2 Å². The molecule has 1 rings (SSSR count). The van der Waals surface area contributed by atoms with Gasteiger partial charge in [-0.15, -0.1) is 0 Å². The fourth-order valence-corrected chi connectivity index (χ4v) is 1.64. The Bertz CT molecular complexity index is 655. The Balaban J connectivity index is 3.02. The first kappa shape index (κ1) is 18.6. The molecule has 1 aromatic carbocycles. The van der Waals surface area contributed by atoms with Crippen LogP contribution in [0.15, 0.2) is 28.4 Å². The number of hydrazone groups is 2. The molecule has 0 heterocycles. The first-order valence-electron chi connectivity index (χ1n) is 7.03. The Kier molecular flexibility index (Phi) is 7.14. The number of esters is 1. The van der Waals surface area contributed by atoms with Crippen LogP contribution in [0.25, 0.3) is 0 Å². The molecule has 8 heteroatoms. The van der Waals surface area contributed by atoms with Crippen molar-refractivity contribution in [3.05, 3.63) is 29.3 Å². The maximum atomic E-state index is 12.0. The summed E-state index contributed by atoms with van der Waals surface area (Å²) in [5, 5.41) is 7.99. The van der Waals surface area contributed by atoms with Crippen LogP contribution in [-0.2, 0) is 9.53 Å². The lowest BCUT2D eigenvalue weighted by molar-refractivity contribution is -0.134. The Morgan fingerprint density at radius 1 is 1.30 bits per heavy atom. The summed E-state index contributed by atoms with van der Waals surface area (Å²) >= 11 is 4.67. The van der Waals surface area contributed by atoms with E-state index in [2.05, 4.69) is 33.3 Å². The number of nitrogens with zero attached hydrogens (tertiary/aromatic N) is 2. The second-order valence-electron chi connectivity index (χ2n) is 4.76. The van der Waals surface area contributed by atoms with Crippen LogP contribution in [0.4, 0.5) is 5.69 Å². The summed E-state index contributed by atoms with van der Waals surface area (Å²) in [5.41, 5.74) is 13.9. The van der Waals surface area contributed by atoms with Gasteiger partial charge in [0.15, 0.2) is 10.8 Å². The number of ether oxygens (including phenoxy) is 1. The fourth-order valence-electron chi connectivity index (χ4n) is 1.60. The van der Waals surface area contributed by atoms with Crippen molar-refractivity contribution >= 4 is 40.4 Å². The fraction of sp³-hybridized carbons (Fsp3) is 0.333. The normalized spacial score (nSPS) is 11.8. The number of thiocarbonyl (C=S) groups is 1. The molecule has 23 heavy (non-hydrogen) atoms. The number of benzene rings is 1. The molecule has 1 aromatic rings. The van der Waals surface area contributed by atoms with Crippen LogP contribution in [0.1, 0.15) is 25.0 Å². The number of carbonyl (C=O) groups is 1. The largest absolute Gasteiger partial charge is 0.461 e. The molecule has 0 amide bonds. The smallest absolute Gasteiger partial charge is 0.360 e. The molecule has 0 atom stereocenters. The molecule has 0 fully saturated rings. The molecule has 0 aromatic heterocycles. The SMILES string of the molecule is CCOC(=O)C(=N\Nc1ccc(C)c(C)c1)/C(C)=N/NC(N)=S. The molecule has 124 valence electrons. The van der Waals surface area contributed by atoms with E-state index in [0.29, 0.717) is 5.71 Å². The summed E-state index contributed by atoms with van der Waals surface area (Å²) in [7, 11) is 0. The number of hydrogen-bond acceptors (Lipinski definition) is 6. The molecule has 0 unspecified atom stereocenters. The van der Waals surface area contributed by atoms with E-state index < -0.39 is 5.97 Å². The summed E-state index contributed by atoms with van der Waals surface area (Å²) < 4.78 is 4.98. The second kappa shape index (κ2) is 8.84. The Labute approximate surface area is 141 Å². The van der Waals surface area contributed by atoms with Crippen LogP contribution >= 0.6 is 12.2 Å². The average Bonchev–Trinajstić information content (AvgIpc) is 2.49. The van der Waals surface area contributed by atoms with E-state index in [1.807, 2.05) is 32.0 Å². The molecule has 4 N–H and O–H groups in total. The summed E-state index contributed by atoms with van der Waals surface area (Å²) in [4.78, 5) is 12.0. The van der Waals surface area contributed by atoms with E-state index in [1.165, 1.54) is 5.56 Å². The topological polar surface area (TPSA) is 101 Å². The highest BCUT2D eigenvalue weighted by Gasteiger charge is 2.17. The van der Waals surface area contributed by atoms with E-state index in [4.69, 9.17) is 10.5 Å². The van der Waals surface area contributed by atoms with E-state index in [9.17, 15) is 4.79 Å². The average molecular weight is 335 g/mol. The van der Waals surface area contributed by atoms with Crippen LogP contribution in [0.3, 0.4) is 0 Å². The number of nitrogens with one attached hydrogen (secondary N) is 2. The van der Waals surface area contributed by atoms with Gasteiger partial charge in [0.1, 0.15) is 0 Å². The maximum absolute atomic E-state index is 12.0. The van der Waals surface area contributed by atoms with Crippen LogP contribution in [0, 0.1) is 13.8 Å². The monoisotopic (exact) mass is 335 g/mol. The first-order chi connectivity index (χ1) is 10.8. The molecule has 0 spiro atoms. The number of anilines is 1. The predicted octanol–water partition coefficient (Wildman–Crippen LogP) is 1.84. The van der Waals surface area contributed by atoms with Crippen LogP contribution in [-0.4, -0.2) is 29.1 Å². The lowest BCUT2D eigenvalue weighted by Gasteiger charge is -2.08. The van der Waals surface area contributed by atoms with Crippen molar-refractivity contribution in [3.63, 3.8) is 0 Å². The first-order valence-corrected chi connectivity index (χ1v) is 7.44. The van der Waals surface area contributed by atoms with Crippen molar-refractivity contribution in [2.75, 3.05) is 12.0 Å². The van der Waals surface area contributed by atoms with E-state index >= 15 is 0 Å². The third-order valence-electron chi connectivity index (χ3n) is 2.95. The highest BCUT2D eigenvalue weighted by Crippen LogP contribution is 2.14. The van der Waals surface area contributed by atoms with Crippen molar-refractivity contribution in [1.29, 1.82) is 0 Å². The molecule has 7 nitrogen and oxygen atoms in total. The van der Waals surface area contributed by atoms with Gasteiger partial charge in [0.2, 0.25) is 0 Å². The zero-order valence-electron chi connectivity index (χ0n) is 13.6. The van der Waals surface area contributed by atoms with Gasteiger partial charge in [0, 0.05) is 0 Å². The van der Waals surface area contributed by atoms with Gasteiger partial charge >= 0.3 is 5.97 Å². The molecular weight excluding hydrogens is 314 g/mol. The van der Waals surface area contributed by atoms with Gasteiger partial charge in [-0.25, -0.2) is 4.79 Å². The number of hydrogen-bond donors (Lipinski definition) is 3. The van der Waals surface area contributed by atoms with Gasteiger partial charge in [-0.3, -0.25) is 10.9 Å². The van der Waals surface area contributed by atoms with Crippen LogP contribution in [0.5, 0.6) is 0 Å². The lowest BCUT2D eigenvalue weighted by Crippen LogP contribution is -2.30. The summed E-state index contributed by atoms with van der Waals surface area (Å²) in [6, 6.07) is 5.77. The van der Waals surface area contributed by atoms with E-state index in [-0.39, 0.29) is 17.4 Å². The van der Waals surface area contributed by atoms with Gasteiger partial charge in [-0.2, -0.15) is 10.2 Å². The predicted molar refractivity (Wildman–Crippen MR) is 96.6 cm³/mol. The van der Waals surface area contributed by atoms with Gasteiger partial charge in [-0.1, -0.05) is 6.07 Å². The molecule has 0 saturated heterocycles. The van der Waals surface area contributed by atoms with E-state index in [0.717, 1.165) is 11.3 Å². The highest BCUT2D eigenvalue weighted by molar-refractivity contribution is 7.80. The molecular formula is C15H21N5O2S. The highest BCUT2D eigenvalue weighted by atomic mass is 32.1. The Hall–Kier alpha value is -2.48. The quantitative estimate of drug-likeness (QED) is 0.317. The molecule has 0 bridgehead atoms. The van der Waals surface area contributed by atoms with Crippen LogP contribution < -0.4 is 16.6 Å². The van der Waals surface area contributed by atoms with Crippen molar-refractivity contribution in [2.24, 2.45) is 15.9 Å². The van der Waals surface area contributed by atoms with Crippen molar-refractivity contribution in [3.8, 4) is 0 Å². The zero-order chi connectivity index (χ0) is 17.4. The Morgan fingerprint density at radius 2 is 2.00 bits per heavy atom. The number of rotatable bonds is 6. The Morgan fingerprint density at radius 3 is 2.57 bits per heavy atom. The number of nitrogens with two attached hydrogens (primary N) is 1. The van der Waals surface area contributed by atoms with E-state index in [1.54, 1.807) is 13.8 Å². The molecule has 0 aliphatic carbocycles. The second-order valence-corrected chi connectivity index (χ2v) is 5.20. The molecule has 0 saturated carbocycles. The minimum Gasteiger partial charge on any atom is -0.461 e. The minimum absolute atomic E-state index is 0.00493. The summed E-state index contributed by atoms with van der Waals surface area (Å²) in [6.07, 6.45) is 0. The molecule has 0 aliphatic heterocycles. The van der Waals surface area contributed by atoms with Crippen molar-refractivity contribution in [1.82, 2.24) is 5.43 Å². The summed E-state index contributed by atoms with van der Waals surface area (Å²) in [6.45, 7) is 7.56. The third-order valence-corrected chi connectivity index (χ3v) is 3.04. The van der Waals surface area contributed by atoms with Gasteiger partial charge in [0.05, 0.1) is 18.0 Å². The van der Waals surface area contributed by atoms with Crippen molar-refractivity contribution in [2.45, 2.75) is 27.7 Å². The maximum Gasteiger partial charge on any atom is 0.360 e. The minimum atomic E-state index is -0.588. The van der Waals surface area contributed by atoms with Crippen molar-refractivity contribution < 1.29 is 9.53 Å². The number of carbonyl (C=O) groups excluding carboxylic acids is 1. The third kappa shape index (κ3) is 6.03. The standard InChI is InChI=1S/C15H21N5O2S/c1-5-22-14(21)13(11(4)17-20-15(16)23)19-18-12-7-6-9(2)10(3)8-12/h6-8,18H,5H2,1-4H3,(H3,16,20,23)/b17-11+,19-13-. The number of aryl methyl sites for hydroxylation is 2. The molecule has 0 aliphatic rings. The lowest BCUT2D eigenvalue weighted by atomic mass is 10.1. The van der Waals surface area contributed by atoms with Crippen LogP contribution in [0.2, 0.25) is 0 Å². The summed E-state index contributed by atoms with van der Waals surface area (Å²) in [5.74, 6) is -0.588.